The zero-order valence-corrected chi connectivity index (χ0v) is 16.9. The van der Waals surface area contributed by atoms with Crippen molar-refractivity contribution in [2.45, 2.75) is 35.5 Å². The number of halogens is 2. The molecule has 0 N–H and O–H groups in total. The largest absolute Gasteiger partial charge is 0.286 e. The van der Waals surface area contributed by atoms with Gasteiger partial charge >= 0.3 is 0 Å². The molecule has 0 heterocycles. The van der Waals surface area contributed by atoms with E-state index >= 15 is 0 Å². The van der Waals surface area contributed by atoms with Crippen molar-refractivity contribution in [3.8, 4) is 0 Å². The molecule has 0 saturated carbocycles. The molecule has 0 bridgehead atoms. The molecule has 2 aromatic rings. The predicted octanol–water partition coefficient (Wildman–Crippen LogP) is 6.76. The number of benzene rings is 2. The number of carbonyl (C=O) groups excluding carboxylic acids is 2. The summed E-state index contributed by atoms with van der Waals surface area (Å²) in [5.41, 5.74) is 0. The summed E-state index contributed by atoms with van der Waals surface area (Å²) in [6.07, 6.45) is 2.12. The Hall–Kier alpha value is -0.960. The van der Waals surface area contributed by atoms with Crippen LogP contribution in [0, 0.1) is 11.6 Å². The van der Waals surface area contributed by atoms with Gasteiger partial charge in [0.15, 0.2) is 10.2 Å². The van der Waals surface area contributed by atoms with E-state index in [1.165, 1.54) is 45.9 Å². The average molecular weight is 431 g/mol. The first-order chi connectivity index (χ1) is 12.5. The average Bonchev–Trinajstić information content (AvgIpc) is 2.64. The molecule has 2 nitrogen and oxygen atoms in total. The molecule has 2 rings (SSSR count). The molecule has 0 saturated heterocycles. The van der Waals surface area contributed by atoms with Gasteiger partial charge in [-0.3, -0.25) is 9.59 Å². The first-order valence-electron chi connectivity index (χ1n) is 7.79. The van der Waals surface area contributed by atoms with Gasteiger partial charge in [0.2, 0.25) is 0 Å². The summed E-state index contributed by atoms with van der Waals surface area (Å²) in [6, 6.07) is 12.0. The highest BCUT2D eigenvalue weighted by Gasteiger charge is 2.08. The standard InChI is InChI=1S/C18H16F2O2S4/c19-13-5-9-15(10-6-13)23-25-17(21)3-1-2-4-18(22)26-24-16-11-7-14(20)8-12-16/h5-12H,1-4H2. The van der Waals surface area contributed by atoms with Crippen molar-refractivity contribution in [3.05, 3.63) is 60.2 Å². The molecular weight excluding hydrogens is 414 g/mol. The monoisotopic (exact) mass is 430 g/mol. The maximum atomic E-state index is 12.8. The molecule has 0 amide bonds. The van der Waals surface area contributed by atoms with E-state index in [1.54, 1.807) is 24.3 Å². The van der Waals surface area contributed by atoms with Crippen LogP contribution in [0.2, 0.25) is 0 Å². The lowest BCUT2D eigenvalue weighted by atomic mass is 10.2. The predicted molar refractivity (Wildman–Crippen MR) is 108 cm³/mol. The van der Waals surface area contributed by atoms with E-state index in [-0.39, 0.29) is 21.9 Å². The maximum absolute atomic E-state index is 12.8. The lowest BCUT2D eigenvalue weighted by Gasteiger charge is -2.02. The lowest BCUT2D eigenvalue weighted by molar-refractivity contribution is -0.112. The van der Waals surface area contributed by atoms with Gasteiger partial charge < -0.3 is 0 Å². The molecule has 0 fully saturated rings. The Balaban J connectivity index is 1.54. The minimum atomic E-state index is -0.300. The highest BCUT2D eigenvalue weighted by molar-refractivity contribution is 8.82. The fourth-order valence-corrected chi connectivity index (χ4v) is 5.42. The van der Waals surface area contributed by atoms with Crippen molar-refractivity contribution >= 4 is 53.4 Å². The van der Waals surface area contributed by atoms with Crippen LogP contribution in [0.5, 0.6) is 0 Å². The Kier molecular flexibility index (Phi) is 9.60. The third kappa shape index (κ3) is 8.62. The lowest BCUT2D eigenvalue weighted by Crippen LogP contribution is -1.93. The summed E-state index contributed by atoms with van der Waals surface area (Å²) in [5, 5.41) is 0.0835. The van der Waals surface area contributed by atoms with Crippen LogP contribution in [0.15, 0.2) is 58.3 Å². The molecule has 2 aromatic carbocycles. The van der Waals surface area contributed by atoms with Crippen molar-refractivity contribution in [3.63, 3.8) is 0 Å². The van der Waals surface area contributed by atoms with Gasteiger partial charge in [0.1, 0.15) is 11.6 Å². The molecule has 8 heteroatoms. The Morgan fingerprint density at radius 1 is 0.654 bits per heavy atom. The van der Waals surface area contributed by atoms with Gasteiger partial charge in [0.05, 0.1) is 0 Å². The van der Waals surface area contributed by atoms with E-state index in [4.69, 9.17) is 0 Å². The molecule has 0 aliphatic carbocycles. The second kappa shape index (κ2) is 11.7. The molecule has 0 radical (unpaired) electrons. The van der Waals surface area contributed by atoms with Crippen LogP contribution < -0.4 is 0 Å². The zero-order valence-electron chi connectivity index (χ0n) is 13.7. The molecule has 26 heavy (non-hydrogen) atoms. The Bertz CT molecular complexity index is 657. The highest BCUT2D eigenvalue weighted by Crippen LogP contribution is 2.34. The van der Waals surface area contributed by atoms with E-state index in [0.29, 0.717) is 25.7 Å². The number of unbranched alkanes of at least 4 members (excludes halogenated alkanes) is 1. The molecule has 0 aromatic heterocycles. The second-order valence-corrected chi connectivity index (χ2v) is 9.71. The van der Waals surface area contributed by atoms with Crippen molar-refractivity contribution in [2.75, 3.05) is 0 Å². The summed E-state index contributed by atoms with van der Waals surface area (Å²) < 4.78 is 25.6. The minimum absolute atomic E-state index is 0.0418. The van der Waals surface area contributed by atoms with Crippen LogP contribution in [0.25, 0.3) is 0 Å². The zero-order chi connectivity index (χ0) is 18.8. The Labute approximate surface area is 167 Å². The molecule has 0 unspecified atom stereocenters. The van der Waals surface area contributed by atoms with Gasteiger partial charge in [-0.2, -0.15) is 0 Å². The van der Waals surface area contributed by atoms with Gasteiger partial charge in [-0.1, -0.05) is 0 Å². The van der Waals surface area contributed by atoms with E-state index in [0.717, 1.165) is 31.4 Å². The van der Waals surface area contributed by atoms with Gasteiger partial charge in [-0.15, -0.1) is 0 Å². The minimum Gasteiger partial charge on any atom is -0.286 e. The topological polar surface area (TPSA) is 34.1 Å². The smallest absolute Gasteiger partial charge is 0.199 e. The summed E-state index contributed by atoms with van der Waals surface area (Å²) in [7, 11) is 4.88. The molecule has 0 atom stereocenters. The van der Waals surface area contributed by atoms with Crippen LogP contribution in [0.3, 0.4) is 0 Å². The van der Waals surface area contributed by atoms with Crippen molar-refractivity contribution < 1.29 is 18.4 Å². The summed E-state index contributed by atoms with van der Waals surface area (Å²) >= 11 is 0. The number of carbonyl (C=O) groups is 2. The van der Waals surface area contributed by atoms with E-state index in [9.17, 15) is 18.4 Å². The second-order valence-electron chi connectivity index (χ2n) is 5.19. The third-order valence-corrected chi connectivity index (χ3v) is 7.75. The molecule has 0 aliphatic heterocycles. The van der Waals surface area contributed by atoms with Crippen molar-refractivity contribution in [1.29, 1.82) is 0 Å². The van der Waals surface area contributed by atoms with Crippen LogP contribution in [0.4, 0.5) is 8.78 Å². The fraction of sp³-hybridized carbons (Fsp3) is 0.222. The third-order valence-electron chi connectivity index (χ3n) is 3.10. The van der Waals surface area contributed by atoms with Crippen LogP contribution >= 0.6 is 43.2 Å². The van der Waals surface area contributed by atoms with Crippen LogP contribution in [0.1, 0.15) is 25.7 Å². The quantitative estimate of drug-likeness (QED) is 0.323. The summed E-state index contributed by atoms with van der Waals surface area (Å²) in [5.74, 6) is -0.600. The van der Waals surface area contributed by atoms with Crippen molar-refractivity contribution in [1.82, 2.24) is 0 Å². The fourth-order valence-electron chi connectivity index (χ4n) is 1.79. The SMILES string of the molecule is O=C(CCCCC(=O)SSc1ccc(F)cc1)SSc1ccc(F)cc1. The molecular formula is C18H16F2O2S4. The van der Waals surface area contributed by atoms with E-state index < -0.39 is 0 Å². The van der Waals surface area contributed by atoms with Gasteiger partial charge in [0.25, 0.3) is 0 Å². The number of hydrogen-bond donors (Lipinski definition) is 0. The number of rotatable bonds is 9. The highest BCUT2D eigenvalue weighted by atomic mass is 33.1. The van der Waals surface area contributed by atoms with Crippen LogP contribution in [-0.2, 0) is 9.59 Å². The molecule has 0 spiro atoms. The first kappa shape index (κ1) is 21.3. The Morgan fingerprint density at radius 3 is 1.35 bits per heavy atom. The van der Waals surface area contributed by atoms with E-state index in [1.807, 2.05) is 0 Å². The maximum Gasteiger partial charge on any atom is 0.199 e. The normalized spacial score (nSPS) is 10.7. The van der Waals surface area contributed by atoms with Gasteiger partial charge in [0, 0.05) is 22.6 Å². The number of hydrogen-bond acceptors (Lipinski definition) is 6. The summed E-state index contributed by atoms with van der Waals surface area (Å²) in [4.78, 5) is 25.3. The first-order valence-corrected chi connectivity index (χ1v) is 12.1. The van der Waals surface area contributed by atoms with Gasteiger partial charge in [-0.05, 0) is 105 Å². The van der Waals surface area contributed by atoms with Gasteiger partial charge in [-0.25, -0.2) is 8.78 Å². The van der Waals surface area contributed by atoms with E-state index in [2.05, 4.69) is 0 Å². The van der Waals surface area contributed by atoms with Crippen LogP contribution in [-0.4, -0.2) is 10.2 Å². The van der Waals surface area contributed by atoms with Crippen molar-refractivity contribution in [2.24, 2.45) is 0 Å². The molecule has 0 aliphatic rings. The Morgan fingerprint density at radius 2 is 1.00 bits per heavy atom. The summed E-state index contributed by atoms with van der Waals surface area (Å²) in [6.45, 7) is 0. The molecule has 138 valence electrons.